The van der Waals surface area contributed by atoms with Gasteiger partial charge in [0.15, 0.2) is 6.10 Å². The van der Waals surface area contributed by atoms with E-state index in [9.17, 15) is 19.0 Å². The van der Waals surface area contributed by atoms with E-state index in [2.05, 4.69) is 74.6 Å². The summed E-state index contributed by atoms with van der Waals surface area (Å²) in [5, 5.41) is 0. The van der Waals surface area contributed by atoms with Crippen molar-refractivity contribution in [2.75, 3.05) is 47.5 Å². The van der Waals surface area contributed by atoms with Gasteiger partial charge in [-0.15, -0.1) is 0 Å². The van der Waals surface area contributed by atoms with Gasteiger partial charge in [-0.2, -0.15) is 0 Å². The van der Waals surface area contributed by atoms with Crippen LogP contribution in [0.5, 0.6) is 0 Å². The van der Waals surface area contributed by atoms with E-state index in [1.807, 2.05) is 21.1 Å². The molecule has 0 rings (SSSR count). The summed E-state index contributed by atoms with van der Waals surface area (Å²) in [6.07, 6.45) is 43.9. The van der Waals surface area contributed by atoms with Gasteiger partial charge in [-0.05, 0) is 77.0 Å². The second kappa shape index (κ2) is 37.3. The zero-order chi connectivity index (χ0) is 40.7. The number of phosphoric acid groups is 1. The Bertz CT molecular complexity index is 1120. The highest BCUT2D eigenvalue weighted by atomic mass is 31.2. The summed E-state index contributed by atoms with van der Waals surface area (Å²) in [4.78, 5) is 37.5. The number of likely N-dealkylation sites (N-methyl/N-ethyl adjacent to an activating group) is 1. The molecule has 0 aromatic heterocycles. The fourth-order valence-corrected chi connectivity index (χ4v) is 6.13. The predicted octanol–water partition coefficient (Wildman–Crippen LogP) is 11.4. The van der Waals surface area contributed by atoms with E-state index in [-0.39, 0.29) is 26.1 Å². The fourth-order valence-electron chi connectivity index (χ4n) is 5.40. The molecule has 2 atom stereocenters. The van der Waals surface area contributed by atoms with E-state index < -0.39 is 32.5 Å². The molecule has 9 nitrogen and oxygen atoms in total. The van der Waals surface area contributed by atoms with Gasteiger partial charge in [-0.3, -0.25) is 14.2 Å². The minimum Gasteiger partial charge on any atom is -0.756 e. The third-order valence-electron chi connectivity index (χ3n) is 8.77. The number of quaternary nitrogens is 1. The molecule has 0 saturated carbocycles. The maximum absolute atomic E-state index is 12.6. The van der Waals surface area contributed by atoms with Crippen LogP contribution in [0.1, 0.15) is 162 Å². The van der Waals surface area contributed by atoms with E-state index in [1.54, 1.807) is 0 Å². The molecule has 0 fully saturated rings. The highest BCUT2D eigenvalue weighted by Gasteiger charge is 2.21. The van der Waals surface area contributed by atoms with Gasteiger partial charge in [0.2, 0.25) is 0 Å². The van der Waals surface area contributed by atoms with Gasteiger partial charge in [0.25, 0.3) is 7.82 Å². The number of unbranched alkanes of at least 4 members (excludes halogenated alkanes) is 14. The second-order valence-electron chi connectivity index (χ2n) is 15.3. The molecule has 0 heterocycles. The maximum atomic E-state index is 12.6. The molecule has 0 aromatic carbocycles. The fraction of sp³-hybridized carbons (Fsp3) is 0.733. The van der Waals surface area contributed by atoms with Crippen LogP contribution in [0.2, 0.25) is 0 Å². The molecule has 55 heavy (non-hydrogen) atoms. The summed E-state index contributed by atoms with van der Waals surface area (Å²) in [6.45, 7) is 4.03. The number of esters is 2. The average molecular weight is 794 g/mol. The van der Waals surface area contributed by atoms with E-state index in [0.717, 1.165) is 70.6 Å². The molecular weight excluding hydrogens is 713 g/mol. The number of ether oxygens (including phenoxy) is 2. The van der Waals surface area contributed by atoms with Crippen molar-refractivity contribution in [2.45, 2.75) is 168 Å². The van der Waals surface area contributed by atoms with Crippen molar-refractivity contribution in [3.05, 3.63) is 60.8 Å². The van der Waals surface area contributed by atoms with Gasteiger partial charge in [0.1, 0.15) is 19.8 Å². The van der Waals surface area contributed by atoms with Crippen LogP contribution in [-0.4, -0.2) is 70.0 Å². The molecule has 0 aliphatic heterocycles. The van der Waals surface area contributed by atoms with Crippen molar-refractivity contribution in [1.82, 2.24) is 0 Å². The van der Waals surface area contributed by atoms with Crippen molar-refractivity contribution in [2.24, 2.45) is 0 Å². The van der Waals surface area contributed by atoms with Crippen molar-refractivity contribution in [3.8, 4) is 0 Å². The van der Waals surface area contributed by atoms with Gasteiger partial charge in [0, 0.05) is 12.8 Å². The summed E-state index contributed by atoms with van der Waals surface area (Å²) >= 11 is 0. The first-order valence-corrected chi connectivity index (χ1v) is 23.0. The minimum absolute atomic E-state index is 0.0427. The van der Waals surface area contributed by atoms with Crippen LogP contribution in [-0.2, 0) is 32.7 Å². The molecule has 0 N–H and O–H groups in total. The topological polar surface area (TPSA) is 111 Å². The van der Waals surface area contributed by atoms with Gasteiger partial charge in [0.05, 0.1) is 27.7 Å². The summed E-state index contributed by atoms with van der Waals surface area (Å²) in [6, 6.07) is 0. The Labute approximate surface area is 336 Å². The lowest BCUT2D eigenvalue weighted by Crippen LogP contribution is -2.37. The summed E-state index contributed by atoms with van der Waals surface area (Å²) in [5.41, 5.74) is 0. The van der Waals surface area contributed by atoms with Gasteiger partial charge in [-0.25, -0.2) is 0 Å². The Morgan fingerprint density at radius 3 is 1.60 bits per heavy atom. The highest BCUT2D eigenvalue weighted by Crippen LogP contribution is 2.38. The van der Waals surface area contributed by atoms with Gasteiger partial charge < -0.3 is 27.9 Å². The Morgan fingerprint density at radius 1 is 0.582 bits per heavy atom. The zero-order valence-electron chi connectivity index (χ0n) is 35.6. The SMILES string of the molecule is CC/C=C\C/C=C\C/C=C\C/C=C\CCCCC(=O)O[C@H](COC(=O)CCCCCCC/C=C\CCCCCCCCC)COP(=O)([O-])OCC[N+](C)(C)C. The molecule has 0 aliphatic carbocycles. The van der Waals surface area contributed by atoms with Crippen LogP contribution in [0.3, 0.4) is 0 Å². The van der Waals surface area contributed by atoms with Crippen LogP contribution in [0, 0.1) is 0 Å². The Balaban J connectivity index is 4.46. The maximum Gasteiger partial charge on any atom is 0.306 e. The van der Waals surface area contributed by atoms with Crippen molar-refractivity contribution < 1.29 is 42.1 Å². The average Bonchev–Trinajstić information content (AvgIpc) is 3.13. The van der Waals surface area contributed by atoms with Crippen molar-refractivity contribution >= 4 is 19.8 Å². The molecule has 0 radical (unpaired) electrons. The molecule has 0 aromatic rings. The standard InChI is InChI=1S/C45H80NO8P/c1-6-8-10-12-14-16-18-20-22-24-25-27-29-31-33-35-37-44(47)51-41-43(42-53-55(49,50)52-40-39-46(3,4)5)54-45(48)38-36-34-32-30-28-26-23-21-19-17-15-13-11-9-7-2/h9,11,15,17,21-24,28,30,43H,6-8,10,12-14,16,18-20,25-27,29,31-42H2,1-5H3/b11-9-,17-15-,23-21-,24-22-,30-28-/t43-/m1/s1. The summed E-state index contributed by atoms with van der Waals surface area (Å²) in [7, 11) is 1.12. The lowest BCUT2D eigenvalue weighted by Gasteiger charge is -2.28. The smallest absolute Gasteiger partial charge is 0.306 e. The third kappa shape index (κ3) is 41.2. The number of rotatable bonds is 38. The van der Waals surface area contributed by atoms with Crippen LogP contribution in [0.25, 0.3) is 0 Å². The predicted molar refractivity (Wildman–Crippen MR) is 226 cm³/mol. The number of carbonyl (C=O) groups excluding carboxylic acids is 2. The molecule has 0 bridgehead atoms. The number of hydrogen-bond donors (Lipinski definition) is 0. The quantitative estimate of drug-likeness (QED) is 0.0200. The van der Waals surface area contributed by atoms with E-state index >= 15 is 0 Å². The normalized spacial score (nSPS) is 14.2. The van der Waals surface area contributed by atoms with E-state index in [0.29, 0.717) is 23.9 Å². The van der Waals surface area contributed by atoms with E-state index in [1.165, 1.54) is 51.4 Å². The molecule has 1 unspecified atom stereocenters. The molecule has 10 heteroatoms. The number of allylic oxidation sites excluding steroid dienone is 10. The second-order valence-corrected chi connectivity index (χ2v) is 16.7. The van der Waals surface area contributed by atoms with Crippen LogP contribution < -0.4 is 4.89 Å². The first kappa shape index (κ1) is 52.7. The highest BCUT2D eigenvalue weighted by molar-refractivity contribution is 7.45. The first-order valence-electron chi connectivity index (χ1n) is 21.5. The molecule has 0 amide bonds. The zero-order valence-corrected chi connectivity index (χ0v) is 36.5. The number of hydrogen-bond acceptors (Lipinski definition) is 8. The molecule has 0 saturated heterocycles. The minimum atomic E-state index is -4.64. The van der Waals surface area contributed by atoms with Crippen LogP contribution in [0.15, 0.2) is 60.8 Å². The van der Waals surface area contributed by atoms with Crippen LogP contribution >= 0.6 is 7.82 Å². The number of nitrogens with zero attached hydrogens (tertiary/aromatic N) is 1. The monoisotopic (exact) mass is 794 g/mol. The van der Waals surface area contributed by atoms with Gasteiger partial charge >= 0.3 is 11.9 Å². The van der Waals surface area contributed by atoms with Gasteiger partial charge in [-0.1, -0.05) is 132 Å². The largest absolute Gasteiger partial charge is 0.756 e. The molecule has 0 spiro atoms. The molecule has 0 aliphatic rings. The third-order valence-corrected chi connectivity index (χ3v) is 9.74. The number of phosphoric ester groups is 1. The Kier molecular flexibility index (Phi) is 35.7. The lowest BCUT2D eigenvalue weighted by atomic mass is 10.1. The lowest BCUT2D eigenvalue weighted by molar-refractivity contribution is -0.870. The first-order chi connectivity index (χ1) is 26.5. The van der Waals surface area contributed by atoms with Crippen molar-refractivity contribution in [3.63, 3.8) is 0 Å². The molecule has 318 valence electrons. The number of carbonyl (C=O) groups is 2. The van der Waals surface area contributed by atoms with Crippen LogP contribution in [0.4, 0.5) is 0 Å². The summed E-state index contributed by atoms with van der Waals surface area (Å²) in [5.74, 6) is -0.897. The van der Waals surface area contributed by atoms with Crippen molar-refractivity contribution in [1.29, 1.82) is 0 Å². The Morgan fingerprint density at radius 2 is 1.04 bits per heavy atom. The molecular formula is C45H80NO8P. The summed E-state index contributed by atoms with van der Waals surface area (Å²) < 4.78 is 33.8. The van der Waals surface area contributed by atoms with E-state index in [4.69, 9.17) is 18.5 Å². The Hall–Kier alpha value is -2.29.